The van der Waals surface area contributed by atoms with Gasteiger partial charge in [-0.2, -0.15) is 4.31 Å². The molecule has 7 nitrogen and oxygen atoms in total. The van der Waals surface area contributed by atoms with E-state index >= 15 is 0 Å². The van der Waals surface area contributed by atoms with E-state index in [0.29, 0.717) is 30.3 Å². The fourth-order valence-corrected chi connectivity index (χ4v) is 6.51. The average Bonchev–Trinajstić information content (AvgIpc) is 3.24. The van der Waals surface area contributed by atoms with Gasteiger partial charge in [-0.1, -0.05) is 39.0 Å². The van der Waals surface area contributed by atoms with Gasteiger partial charge >= 0.3 is 0 Å². The third-order valence-electron chi connectivity index (χ3n) is 6.45. The monoisotopic (exact) mass is 552 g/mol. The number of carbonyl (C=O) groups is 1. The number of sulfonamides is 1. The van der Waals surface area contributed by atoms with Gasteiger partial charge in [0.25, 0.3) is 5.91 Å². The Morgan fingerprint density at radius 3 is 2.03 bits per heavy atom. The van der Waals surface area contributed by atoms with E-state index in [-0.39, 0.29) is 23.2 Å². The fourth-order valence-electron chi connectivity index (χ4n) is 3.99. The number of carbonyl (C=O) groups excluding carboxylic acids is 1. The zero-order valence-electron chi connectivity index (χ0n) is 21.9. The molecule has 0 N–H and O–H groups in total. The Labute approximate surface area is 225 Å². The summed E-state index contributed by atoms with van der Waals surface area (Å²) in [6, 6.07) is 10.4. The molecule has 0 aliphatic heterocycles. The van der Waals surface area contributed by atoms with Crippen LogP contribution in [0.4, 0.5) is 5.13 Å². The molecule has 1 aromatic heterocycles. The Morgan fingerprint density at radius 2 is 1.47 bits per heavy atom. The molecule has 0 bridgehead atoms. The van der Waals surface area contributed by atoms with Crippen LogP contribution in [0, 0.1) is 13.8 Å². The van der Waals surface area contributed by atoms with E-state index in [4.69, 9.17) is 4.98 Å². The second kappa shape index (κ2) is 13.0. The number of thiazole rings is 1. The number of amides is 1. The van der Waals surface area contributed by atoms with Crippen LogP contribution >= 0.6 is 23.7 Å². The number of anilines is 1. The molecule has 1 amide bonds. The van der Waals surface area contributed by atoms with Crippen LogP contribution in [-0.4, -0.2) is 67.8 Å². The summed E-state index contributed by atoms with van der Waals surface area (Å²) in [7, 11) is -3.58. The van der Waals surface area contributed by atoms with E-state index in [2.05, 4.69) is 44.7 Å². The molecular weight excluding hydrogens is 516 g/mol. The predicted octanol–water partition coefficient (Wildman–Crippen LogP) is 5.35. The molecule has 0 aliphatic rings. The molecule has 0 saturated carbocycles. The number of rotatable bonds is 11. The third kappa shape index (κ3) is 6.44. The molecule has 0 aliphatic carbocycles. The van der Waals surface area contributed by atoms with Crippen LogP contribution in [0.2, 0.25) is 0 Å². The Hall–Kier alpha value is -2.04. The standard InChI is InChI=1S/C26H36N4O3S2.ClH/c1-7-28(8-2)15-16-30(26-27-23-17-19(5)20(6)18-24(23)34-26)25(31)21-11-13-22(14-12-21)35(32,33)29(9-3)10-4;/h11-14,17-18H,7-10,15-16H2,1-6H3;1H. The summed E-state index contributed by atoms with van der Waals surface area (Å²) >= 11 is 1.51. The van der Waals surface area contributed by atoms with Crippen LogP contribution in [0.5, 0.6) is 0 Å². The highest BCUT2D eigenvalue weighted by molar-refractivity contribution is 7.89. The third-order valence-corrected chi connectivity index (χ3v) is 9.55. The van der Waals surface area contributed by atoms with Crippen LogP contribution in [-0.2, 0) is 10.0 Å². The summed E-state index contributed by atoms with van der Waals surface area (Å²) < 4.78 is 28.1. The molecule has 0 fully saturated rings. The van der Waals surface area contributed by atoms with E-state index in [0.717, 1.165) is 29.9 Å². The first kappa shape index (κ1) is 30.2. The molecular formula is C26H37ClN4O3S2. The summed E-state index contributed by atoms with van der Waals surface area (Å²) in [5.41, 5.74) is 3.68. The molecule has 0 unspecified atom stereocenters. The maximum Gasteiger partial charge on any atom is 0.260 e. The lowest BCUT2D eigenvalue weighted by Gasteiger charge is -2.25. The van der Waals surface area contributed by atoms with Gasteiger partial charge in [0, 0.05) is 31.7 Å². The van der Waals surface area contributed by atoms with Crippen molar-refractivity contribution in [3.05, 3.63) is 53.1 Å². The van der Waals surface area contributed by atoms with Gasteiger partial charge < -0.3 is 4.90 Å². The van der Waals surface area contributed by atoms with Crippen molar-refractivity contribution in [1.82, 2.24) is 14.2 Å². The van der Waals surface area contributed by atoms with Crippen molar-refractivity contribution in [2.24, 2.45) is 0 Å². The van der Waals surface area contributed by atoms with E-state index in [9.17, 15) is 13.2 Å². The topological polar surface area (TPSA) is 73.8 Å². The molecule has 10 heteroatoms. The van der Waals surface area contributed by atoms with Gasteiger partial charge in [0.15, 0.2) is 5.13 Å². The first-order valence-electron chi connectivity index (χ1n) is 12.2. The van der Waals surface area contributed by atoms with Crippen LogP contribution in [0.1, 0.15) is 49.2 Å². The largest absolute Gasteiger partial charge is 0.302 e. The van der Waals surface area contributed by atoms with E-state index in [1.165, 1.54) is 38.9 Å². The van der Waals surface area contributed by atoms with Crippen molar-refractivity contribution in [3.8, 4) is 0 Å². The lowest BCUT2D eigenvalue weighted by molar-refractivity contribution is 0.0983. The number of aryl methyl sites for hydroxylation is 2. The van der Waals surface area contributed by atoms with Crippen molar-refractivity contribution in [2.75, 3.05) is 44.2 Å². The normalized spacial score (nSPS) is 11.8. The average molecular weight is 553 g/mol. The zero-order valence-corrected chi connectivity index (χ0v) is 24.4. The molecule has 198 valence electrons. The zero-order chi connectivity index (χ0) is 25.8. The van der Waals surface area contributed by atoms with Gasteiger partial charge in [0.1, 0.15) is 0 Å². The number of halogens is 1. The minimum Gasteiger partial charge on any atom is -0.302 e. The SMILES string of the molecule is CCN(CC)CCN(C(=O)c1ccc(S(=O)(=O)N(CC)CC)cc1)c1nc2cc(C)c(C)cc2s1.Cl. The van der Waals surface area contributed by atoms with Gasteiger partial charge in [0.05, 0.1) is 15.1 Å². The molecule has 3 rings (SSSR count). The molecule has 0 spiro atoms. The lowest BCUT2D eigenvalue weighted by atomic mass is 10.1. The fraction of sp³-hybridized carbons (Fsp3) is 0.462. The minimum atomic E-state index is -3.58. The second-order valence-corrected chi connectivity index (χ2v) is 11.4. The molecule has 0 saturated heterocycles. The predicted molar refractivity (Wildman–Crippen MR) is 152 cm³/mol. The summed E-state index contributed by atoms with van der Waals surface area (Å²) in [5, 5.41) is 0.655. The quantitative estimate of drug-likeness (QED) is 0.320. The van der Waals surface area contributed by atoms with Crippen molar-refractivity contribution >= 4 is 55.0 Å². The molecule has 0 atom stereocenters. The van der Waals surface area contributed by atoms with Crippen molar-refractivity contribution in [2.45, 2.75) is 46.4 Å². The molecule has 36 heavy (non-hydrogen) atoms. The van der Waals surface area contributed by atoms with Crippen molar-refractivity contribution in [3.63, 3.8) is 0 Å². The maximum absolute atomic E-state index is 13.7. The molecule has 3 aromatic rings. The van der Waals surface area contributed by atoms with Crippen LogP contribution in [0.3, 0.4) is 0 Å². The minimum absolute atomic E-state index is 0. The smallest absolute Gasteiger partial charge is 0.260 e. The maximum atomic E-state index is 13.7. The van der Waals surface area contributed by atoms with Crippen LogP contribution < -0.4 is 4.90 Å². The van der Waals surface area contributed by atoms with Crippen molar-refractivity contribution in [1.29, 1.82) is 0 Å². The summed E-state index contributed by atoms with van der Waals surface area (Å²) in [6.07, 6.45) is 0. The van der Waals surface area contributed by atoms with Crippen LogP contribution in [0.25, 0.3) is 10.2 Å². The number of hydrogen-bond donors (Lipinski definition) is 0. The van der Waals surface area contributed by atoms with Gasteiger partial charge in [0.2, 0.25) is 10.0 Å². The summed E-state index contributed by atoms with van der Waals surface area (Å²) in [5.74, 6) is -0.184. The summed E-state index contributed by atoms with van der Waals surface area (Å²) in [4.78, 5) is 22.6. The Kier molecular flexibility index (Phi) is 10.9. The number of likely N-dealkylation sites (N-methyl/N-ethyl adjacent to an activating group) is 1. The number of nitrogens with zero attached hydrogens (tertiary/aromatic N) is 4. The number of aromatic nitrogens is 1. The highest BCUT2D eigenvalue weighted by Gasteiger charge is 2.25. The number of hydrogen-bond acceptors (Lipinski definition) is 6. The van der Waals surface area contributed by atoms with Gasteiger partial charge in [-0.25, -0.2) is 13.4 Å². The Morgan fingerprint density at radius 1 is 0.889 bits per heavy atom. The van der Waals surface area contributed by atoms with E-state index < -0.39 is 10.0 Å². The van der Waals surface area contributed by atoms with E-state index in [1.54, 1.807) is 17.0 Å². The van der Waals surface area contributed by atoms with Gasteiger partial charge in [-0.15, -0.1) is 12.4 Å². The van der Waals surface area contributed by atoms with Crippen molar-refractivity contribution < 1.29 is 13.2 Å². The number of fused-ring (bicyclic) bond motifs is 1. The number of benzene rings is 2. The highest BCUT2D eigenvalue weighted by atomic mass is 35.5. The molecule has 1 heterocycles. The molecule has 2 aromatic carbocycles. The lowest BCUT2D eigenvalue weighted by Crippen LogP contribution is -2.39. The Bertz CT molecular complexity index is 1230. The first-order chi connectivity index (χ1) is 16.7. The van der Waals surface area contributed by atoms with Gasteiger partial charge in [-0.3, -0.25) is 9.69 Å². The second-order valence-electron chi connectivity index (χ2n) is 8.50. The molecule has 0 radical (unpaired) electrons. The highest BCUT2D eigenvalue weighted by Crippen LogP contribution is 2.31. The van der Waals surface area contributed by atoms with Crippen LogP contribution in [0.15, 0.2) is 41.3 Å². The van der Waals surface area contributed by atoms with Gasteiger partial charge in [-0.05, 0) is 74.5 Å². The first-order valence-corrected chi connectivity index (χ1v) is 14.4. The summed E-state index contributed by atoms with van der Waals surface area (Å²) in [6.45, 7) is 15.8. The Balaban J connectivity index is 0.00000456. The van der Waals surface area contributed by atoms with E-state index in [1.807, 2.05) is 13.8 Å².